The number of hydrogen-bond donors (Lipinski definition) is 3. The molecule has 0 saturated carbocycles. The van der Waals surface area contributed by atoms with E-state index in [0.717, 1.165) is 25.5 Å². The second kappa shape index (κ2) is 4.41. The predicted molar refractivity (Wildman–Crippen MR) is 59.5 cm³/mol. The third-order valence-electron chi connectivity index (χ3n) is 2.52. The van der Waals surface area contributed by atoms with Gasteiger partial charge in [-0.15, -0.1) is 0 Å². The van der Waals surface area contributed by atoms with Crippen LogP contribution in [0.1, 0.15) is 0 Å². The van der Waals surface area contributed by atoms with Crippen LogP contribution in [0.4, 0.5) is 11.8 Å². The van der Waals surface area contributed by atoms with Gasteiger partial charge in [-0.05, 0) is 6.07 Å². The molecule has 1 aromatic rings. The Morgan fingerprint density at radius 3 is 3.20 bits per heavy atom. The fourth-order valence-corrected chi connectivity index (χ4v) is 1.73. The molecular formula is C9H16N6. The number of nitrogens with zero attached hydrogens (tertiary/aromatic N) is 3. The average molecular weight is 208 g/mol. The first-order valence-electron chi connectivity index (χ1n) is 5.06. The van der Waals surface area contributed by atoms with E-state index in [1.165, 1.54) is 0 Å². The van der Waals surface area contributed by atoms with Gasteiger partial charge < -0.3 is 21.7 Å². The van der Waals surface area contributed by atoms with E-state index < -0.39 is 0 Å². The van der Waals surface area contributed by atoms with E-state index >= 15 is 0 Å². The summed E-state index contributed by atoms with van der Waals surface area (Å²) in [5.41, 5.74) is 11.2. The molecule has 2 rings (SSSR count). The van der Waals surface area contributed by atoms with E-state index in [9.17, 15) is 0 Å². The van der Waals surface area contributed by atoms with Crippen LogP contribution in [0.3, 0.4) is 0 Å². The summed E-state index contributed by atoms with van der Waals surface area (Å²) in [5.74, 6) is 1.19. The Bertz CT molecular complexity index is 328. The maximum absolute atomic E-state index is 5.63. The molecule has 1 aliphatic rings. The van der Waals surface area contributed by atoms with Crippen LogP contribution in [0.25, 0.3) is 0 Å². The van der Waals surface area contributed by atoms with Crippen molar-refractivity contribution in [3.8, 4) is 0 Å². The Labute approximate surface area is 88.7 Å². The fourth-order valence-electron chi connectivity index (χ4n) is 1.73. The number of rotatable bonds is 2. The molecule has 2 heterocycles. The summed E-state index contributed by atoms with van der Waals surface area (Å²) in [4.78, 5) is 10.2. The SMILES string of the molecule is NC[C@@H]1CN(c2ccnc(N)n2)CCN1. The molecule has 0 radical (unpaired) electrons. The van der Waals surface area contributed by atoms with Crippen molar-refractivity contribution in [2.45, 2.75) is 6.04 Å². The van der Waals surface area contributed by atoms with Crippen molar-refractivity contribution >= 4 is 11.8 Å². The van der Waals surface area contributed by atoms with Crippen LogP contribution in [0.5, 0.6) is 0 Å². The van der Waals surface area contributed by atoms with E-state index in [1.54, 1.807) is 6.20 Å². The smallest absolute Gasteiger partial charge is 0.221 e. The van der Waals surface area contributed by atoms with Crippen LogP contribution in [-0.4, -0.2) is 42.2 Å². The van der Waals surface area contributed by atoms with Gasteiger partial charge in [0, 0.05) is 38.4 Å². The monoisotopic (exact) mass is 208 g/mol. The minimum absolute atomic E-state index is 0.315. The Balaban J connectivity index is 2.09. The van der Waals surface area contributed by atoms with Gasteiger partial charge in [-0.1, -0.05) is 0 Å². The van der Waals surface area contributed by atoms with Crippen molar-refractivity contribution in [2.24, 2.45) is 5.73 Å². The van der Waals surface area contributed by atoms with Crippen molar-refractivity contribution in [1.29, 1.82) is 0 Å². The van der Waals surface area contributed by atoms with Crippen molar-refractivity contribution in [3.63, 3.8) is 0 Å². The first-order chi connectivity index (χ1) is 7.29. The Hall–Kier alpha value is -1.40. The van der Waals surface area contributed by atoms with Gasteiger partial charge in [0.1, 0.15) is 5.82 Å². The van der Waals surface area contributed by atoms with E-state index in [1.807, 2.05) is 6.07 Å². The zero-order valence-electron chi connectivity index (χ0n) is 8.56. The average Bonchev–Trinajstić information content (AvgIpc) is 2.29. The Morgan fingerprint density at radius 1 is 1.60 bits per heavy atom. The van der Waals surface area contributed by atoms with Gasteiger partial charge in [0.25, 0.3) is 0 Å². The van der Waals surface area contributed by atoms with Gasteiger partial charge in [0.2, 0.25) is 5.95 Å². The van der Waals surface area contributed by atoms with Gasteiger partial charge >= 0.3 is 0 Å². The molecule has 1 atom stereocenters. The van der Waals surface area contributed by atoms with Gasteiger partial charge in [-0.2, -0.15) is 4.98 Å². The van der Waals surface area contributed by atoms with Crippen LogP contribution in [0, 0.1) is 0 Å². The minimum atomic E-state index is 0.315. The number of anilines is 2. The molecule has 1 fully saturated rings. The van der Waals surface area contributed by atoms with Crippen molar-refractivity contribution < 1.29 is 0 Å². The third-order valence-corrected chi connectivity index (χ3v) is 2.52. The molecule has 1 aromatic heterocycles. The molecule has 0 unspecified atom stereocenters. The molecule has 82 valence electrons. The summed E-state index contributed by atoms with van der Waals surface area (Å²) in [6.07, 6.45) is 1.68. The number of aromatic nitrogens is 2. The summed E-state index contributed by atoms with van der Waals surface area (Å²) in [6.45, 7) is 3.35. The van der Waals surface area contributed by atoms with Crippen molar-refractivity contribution in [3.05, 3.63) is 12.3 Å². The van der Waals surface area contributed by atoms with Crippen molar-refractivity contribution in [1.82, 2.24) is 15.3 Å². The first-order valence-corrected chi connectivity index (χ1v) is 5.06. The number of nitrogens with one attached hydrogen (secondary N) is 1. The minimum Gasteiger partial charge on any atom is -0.368 e. The molecule has 1 saturated heterocycles. The first kappa shape index (κ1) is 10.1. The van der Waals surface area contributed by atoms with Gasteiger partial charge in [0.05, 0.1) is 0 Å². The van der Waals surface area contributed by atoms with E-state index in [4.69, 9.17) is 11.5 Å². The largest absolute Gasteiger partial charge is 0.368 e. The molecule has 0 spiro atoms. The highest BCUT2D eigenvalue weighted by Gasteiger charge is 2.18. The summed E-state index contributed by atoms with van der Waals surface area (Å²) in [7, 11) is 0. The number of nitrogen functional groups attached to an aromatic ring is 1. The zero-order valence-corrected chi connectivity index (χ0v) is 8.56. The van der Waals surface area contributed by atoms with Crippen LogP contribution in [0.15, 0.2) is 12.3 Å². The third kappa shape index (κ3) is 2.34. The summed E-state index contributed by atoms with van der Waals surface area (Å²) < 4.78 is 0. The van der Waals surface area contributed by atoms with Gasteiger partial charge in [-0.3, -0.25) is 0 Å². The molecule has 15 heavy (non-hydrogen) atoms. The Kier molecular flexibility index (Phi) is 2.98. The molecular weight excluding hydrogens is 192 g/mol. The van der Waals surface area contributed by atoms with Crippen LogP contribution >= 0.6 is 0 Å². The highest BCUT2D eigenvalue weighted by atomic mass is 15.3. The number of nitrogens with two attached hydrogens (primary N) is 2. The molecule has 5 N–H and O–H groups in total. The van der Waals surface area contributed by atoms with Crippen molar-refractivity contribution in [2.75, 3.05) is 36.8 Å². The lowest BCUT2D eigenvalue weighted by Gasteiger charge is -2.33. The molecule has 0 bridgehead atoms. The lowest BCUT2D eigenvalue weighted by atomic mass is 10.2. The summed E-state index contributed by atoms with van der Waals surface area (Å²) in [5, 5.41) is 3.34. The molecule has 6 nitrogen and oxygen atoms in total. The van der Waals surface area contributed by atoms with E-state index in [-0.39, 0.29) is 0 Å². The van der Waals surface area contributed by atoms with Crippen LogP contribution < -0.4 is 21.7 Å². The van der Waals surface area contributed by atoms with Gasteiger partial charge in [0.15, 0.2) is 0 Å². The molecule has 0 aromatic carbocycles. The van der Waals surface area contributed by atoms with Crippen LogP contribution in [0.2, 0.25) is 0 Å². The lowest BCUT2D eigenvalue weighted by molar-refractivity contribution is 0.461. The highest BCUT2D eigenvalue weighted by Crippen LogP contribution is 2.12. The molecule has 0 amide bonds. The normalized spacial score (nSPS) is 21.7. The van der Waals surface area contributed by atoms with E-state index in [2.05, 4.69) is 20.2 Å². The second-order valence-corrected chi connectivity index (χ2v) is 3.61. The van der Waals surface area contributed by atoms with Crippen LogP contribution in [-0.2, 0) is 0 Å². The molecule has 0 aliphatic carbocycles. The summed E-state index contributed by atoms with van der Waals surface area (Å²) >= 11 is 0. The second-order valence-electron chi connectivity index (χ2n) is 3.61. The predicted octanol–water partition coefficient (Wildman–Crippen LogP) is -1.20. The van der Waals surface area contributed by atoms with Gasteiger partial charge in [-0.25, -0.2) is 4.98 Å². The Morgan fingerprint density at radius 2 is 2.47 bits per heavy atom. The highest BCUT2D eigenvalue weighted by molar-refractivity contribution is 5.41. The topological polar surface area (TPSA) is 93.1 Å². The number of hydrogen-bond acceptors (Lipinski definition) is 6. The van der Waals surface area contributed by atoms with E-state index in [0.29, 0.717) is 18.5 Å². The standard InChI is InChI=1S/C9H16N6/c10-5-7-6-15(4-3-12-7)8-1-2-13-9(11)14-8/h1-2,7,12H,3-6,10H2,(H2,11,13,14)/t7-/m1/s1. The number of piperazine rings is 1. The maximum atomic E-state index is 5.63. The zero-order chi connectivity index (χ0) is 10.7. The fraction of sp³-hybridized carbons (Fsp3) is 0.556. The maximum Gasteiger partial charge on any atom is 0.221 e. The molecule has 1 aliphatic heterocycles. The lowest BCUT2D eigenvalue weighted by Crippen LogP contribution is -2.54. The quantitative estimate of drug-likeness (QED) is 0.565. The molecule has 6 heteroatoms. The summed E-state index contributed by atoms with van der Waals surface area (Å²) in [6, 6.07) is 2.20.